The Labute approximate surface area is 168 Å². The minimum absolute atomic E-state index is 0.0177. The molecule has 1 aromatic heterocycles. The van der Waals surface area contributed by atoms with Crippen molar-refractivity contribution >= 4 is 27.7 Å². The minimum Gasteiger partial charge on any atom is -0.338 e. The van der Waals surface area contributed by atoms with Crippen LogP contribution < -0.4 is 0 Å². The number of nitrogens with zero attached hydrogens (tertiary/aromatic N) is 5. The number of hydrogen-bond donors (Lipinski definition) is 0. The summed E-state index contributed by atoms with van der Waals surface area (Å²) in [5.74, 6) is -0.232. The van der Waals surface area contributed by atoms with Gasteiger partial charge in [0.25, 0.3) is 5.69 Å². The van der Waals surface area contributed by atoms with Gasteiger partial charge < -0.3 is 4.90 Å². The van der Waals surface area contributed by atoms with Crippen molar-refractivity contribution in [3.8, 4) is 0 Å². The summed E-state index contributed by atoms with van der Waals surface area (Å²) < 4.78 is 28.3. The zero-order valence-corrected chi connectivity index (χ0v) is 16.7. The van der Waals surface area contributed by atoms with Gasteiger partial charge in [-0.15, -0.1) is 0 Å². The molecule has 0 unspecified atom stereocenters. The third kappa shape index (κ3) is 4.87. The Balaban J connectivity index is 1.62. The smallest absolute Gasteiger partial charge is 0.269 e. The number of benzene rings is 1. The Morgan fingerprint density at radius 1 is 1.17 bits per heavy atom. The van der Waals surface area contributed by atoms with E-state index in [0.29, 0.717) is 25.1 Å². The molecule has 29 heavy (non-hydrogen) atoms. The van der Waals surface area contributed by atoms with Crippen LogP contribution >= 0.6 is 0 Å². The lowest BCUT2D eigenvalue weighted by Gasteiger charge is -2.20. The molecule has 1 aliphatic rings. The number of amides is 1. The van der Waals surface area contributed by atoms with Crippen molar-refractivity contribution in [3.05, 3.63) is 58.4 Å². The average Bonchev–Trinajstić information content (AvgIpc) is 2.99. The number of rotatable bonds is 5. The third-order valence-corrected chi connectivity index (χ3v) is 6.46. The fraction of sp³-hybridized carbons (Fsp3) is 0.333. The summed E-state index contributed by atoms with van der Waals surface area (Å²) in [4.78, 5) is 24.4. The summed E-state index contributed by atoms with van der Waals surface area (Å²) in [6.45, 7) is 1.26. The van der Waals surface area contributed by atoms with Gasteiger partial charge in [-0.2, -0.15) is 9.40 Å². The van der Waals surface area contributed by atoms with Crippen LogP contribution in [-0.4, -0.2) is 64.4 Å². The highest BCUT2D eigenvalue weighted by atomic mass is 32.2. The molecule has 11 heteroatoms. The average molecular weight is 419 g/mol. The normalized spacial score (nSPS) is 16.1. The largest absolute Gasteiger partial charge is 0.338 e. The second kappa shape index (κ2) is 8.53. The van der Waals surface area contributed by atoms with Gasteiger partial charge in [-0.3, -0.25) is 19.6 Å². The number of nitro benzene ring substituents is 1. The van der Waals surface area contributed by atoms with Crippen LogP contribution in [0.1, 0.15) is 12.0 Å². The molecule has 0 bridgehead atoms. The fourth-order valence-corrected chi connectivity index (χ4v) is 4.47. The van der Waals surface area contributed by atoms with Crippen LogP contribution in [-0.2, 0) is 21.9 Å². The Bertz CT molecular complexity index is 1030. The summed E-state index contributed by atoms with van der Waals surface area (Å²) in [5.41, 5.74) is 0.649. The van der Waals surface area contributed by atoms with Crippen LogP contribution in [0.5, 0.6) is 0 Å². The van der Waals surface area contributed by atoms with Crippen molar-refractivity contribution < 1.29 is 18.1 Å². The van der Waals surface area contributed by atoms with Gasteiger partial charge in [-0.05, 0) is 30.2 Å². The Kier molecular flexibility index (Phi) is 6.09. The minimum atomic E-state index is -3.64. The van der Waals surface area contributed by atoms with Gasteiger partial charge in [0.15, 0.2) is 0 Å². The highest BCUT2D eigenvalue weighted by Crippen LogP contribution is 2.17. The van der Waals surface area contributed by atoms with Crippen LogP contribution in [0, 0.1) is 10.1 Å². The number of nitro groups is 1. The van der Waals surface area contributed by atoms with Crippen molar-refractivity contribution in [2.24, 2.45) is 7.05 Å². The molecule has 2 aromatic rings. The van der Waals surface area contributed by atoms with E-state index >= 15 is 0 Å². The highest BCUT2D eigenvalue weighted by molar-refractivity contribution is 7.89. The van der Waals surface area contributed by atoms with Crippen molar-refractivity contribution in [1.82, 2.24) is 19.0 Å². The summed E-state index contributed by atoms with van der Waals surface area (Å²) in [5, 5.41) is 14.6. The molecule has 1 aliphatic heterocycles. The zero-order chi connectivity index (χ0) is 21.0. The number of carbonyl (C=O) groups excluding carboxylic acids is 1. The van der Waals surface area contributed by atoms with E-state index in [0.717, 1.165) is 0 Å². The first kappa shape index (κ1) is 20.7. The maximum absolute atomic E-state index is 12.7. The maximum atomic E-state index is 12.7. The monoisotopic (exact) mass is 419 g/mol. The van der Waals surface area contributed by atoms with Gasteiger partial charge in [0.2, 0.25) is 15.9 Å². The molecule has 1 fully saturated rings. The first-order valence-electron chi connectivity index (χ1n) is 8.97. The molecule has 154 valence electrons. The summed E-state index contributed by atoms with van der Waals surface area (Å²) in [6.07, 6.45) is 6.27. The van der Waals surface area contributed by atoms with Crippen LogP contribution in [0.3, 0.4) is 0 Å². The molecule has 0 aliphatic carbocycles. The van der Waals surface area contributed by atoms with E-state index in [1.54, 1.807) is 30.2 Å². The van der Waals surface area contributed by atoms with E-state index in [9.17, 15) is 23.3 Å². The fourth-order valence-electron chi connectivity index (χ4n) is 3.02. The number of hydrogen-bond acceptors (Lipinski definition) is 6. The lowest BCUT2D eigenvalue weighted by Crippen LogP contribution is -2.36. The van der Waals surface area contributed by atoms with Crippen LogP contribution in [0.2, 0.25) is 0 Å². The van der Waals surface area contributed by atoms with Crippen LogP contribution in [0.25, 0.3) is 6.08 Å². The third-order valence-electron chi connectivity index (χ3n) is 4.61. The molecule has 0 radical (unpaired) electrons. The molecule has 0 atom stereocenters. The standard InChI is InChI=1S/C18H21N5O5S/c1-20-14-17(13-19-20)29(27,28)22-10-2-9-21(11-12-22)18(24)8-5-15-3-6-16(7-4-15)23(25)26/h3-8,13-14H,2,9-12H2,1H3/b8-5+. The summed E-state index contributed by atoms with van der Waals surface area (Å²) >= 11 is 0. The van der Waals surface area contributed by atoms with Crippen LogP contribution in [0.15, 0.2) is 47.6 Å². The molecule has 1 saturated heterocycles. The first-order valence-corrected chi connectivity index (χ1v) is 10.4. The molecule has 0 saturated carbocycles. The quantitative estimate of drug-likeness (QED) is 0.409. The lowest BCUT2D eigenvalue weighted by molar-refractivity contribution is -0.384. The van der Waals surface area contributed by atoms with Gasteiger partial charge in [-0.25, -0.2) is 8.42 Å². The number of sulfonamides is 1. The molecular weight excluding hydrogens is 398 g/mol. The lowest BCUT2D eigenvalue weighted by atomic mass is 10.2. The van der Waals surface area contributed by atoms with Crippen molar-refractivity contribution in [3.63, 3.8) is 0 Å². The van der Waals surface area contributed by atoms with Gasteiger partial charge >= 0.3 is 0 Å². The first-order chi connectivity index (χ1) is 13.8. The van der Waals surface area contributed by atoms with E-state index in [-0.39, 0.29) is 29.6 Å². The molecular formula is C18H21N5O5S. The summed E-state index contributed by atoms with van der Waals surface area (Å²) in [6, 6.07) is 5.87. The molecule has 1 aromatic carbocycles. The Morgan fingerprint density at radius 2 is 1.90 bits per heavy atom. The molecule has 0 N–H and O–H groups in total. The molecule has 0 spiro atoms. The Morgan fingerprint density at radius 3 is 2.52 bits per heavy atom. The van der Waals surface area contributed by atoms with Crippen molar-refractivity contribution in [2.75, 3.05) is 26.2 Å². The number of aryl methyl sites for hydroxylation is 1. The second-order valence-corrected chi connectivity index (χ2v) is 8.55. The van der Waals surface area contributed by atoms with Gasteiger partial charge in [0.1, 0.15) is 4.90 Å². The predicted molar refractivity (Wildman–Crippen MR) is 105 cm³/mol. The van der Waals surface area contributed by atoms with Crippen LogP contribution in [0.4, 0.5) is 5.69 Å². The van der Waals surface area contributed by atoms with E-state index in [2.05, 4.69) is 5.10 Å². The summed E-state index contributed by atoms with van der Waals surface area (Å²) in [7, 11) is -1.99. The van der Waals surface area contributed by atoms with E-state index in [1.807, 2.05) is 0 Å². The van der Waals surface area contributed by atoms with Gasteiger partial charge in [0, 0.05) is 57.6 Å². The number of carbonyl (C=O) groups is 1. The van der Waals surface area contributed by atoms with E-state index in [1.165, 1.54) is 39.6 Å². The topological polar surface area (TPSA) is 119 Å². The van der Waals surface area contributed by atoms with E-state index < -0.39 is 14.9 Å². The van der Waals surface area contributed by atoms with Gasteiger partial charge in [-0.1, -0.05) is 0 Å². The zero-order valence-electron chi connectivity index (χ0n) is 15.8. The highest BCUT2D eigenvalue weighted by Gasteiger charge is 2.28. The van der Waals surface area contributed by atoms with Crippen molar-refractivity contribution in [2.45, 2.75) is 11.3 Å². The molecule has 2 heterocycles. The number of aromatic nitrogens is 2. The SMILES string of the molecule is Cn1cc(S(=O)(=O)N2CCCN(C(=O)/C=C/c3ccc([N+](=O)[O-])cc3)CC2)cn1. The molecule has 10 nitrogen and oxygen atoms in total. The van der Waals surface area contributed by atoms with Crippen molar-refractivity contribution in [1.29, 1.82) is 0 Å². The number of non-ortho nitro benzene ring substituents is 1. The molecule has 1 amide bonds. The predicted octanol–water partition coefficient (Wildman–Crippen LogP) is 1.26. The van der Waals surface area contributed by atoms with Gasteiger partial charge in [0.05, 0.1) is 11.1 Å². The maximum Gasteiger partial charge on any atom is 0.269 e. The molecule has 3 rings (SSSR count). The Hall–Kier alpha value is -3.05. The van der Waals surface area contributed by atoms with E-state index in [4.69, 9.17) is 0 Å². The second-order valence-electron chi connectivity index (χ2n) is 6.61.